The van der Waals surface area contributed by atoms with Gasteiger partial charge in [-0.1, -0.05) is 12.1 Å². The van der Waals surface area contributed by atoms with Crippen LogP contribution >= 0.6 is 0 Å². The quantitative estimate of drug-likeness (QED) is 0.667. The average Bonchev–Trinajstić information content (AvgIpc) is 3.07. The standard InChI is InChI=1S/C19H20N4O2/c24-18(13-23-9-11-25-12-10-23)20-15-7-5-14(6-8-15)19-21-16-3-1-2-4-17(16)22-19/h1-8H,9-13H2,(H,20,24)(H,21,22)/p+1. The van der Waals surface area contributed by atoms with E-state index in [9.17, 15) is 4.79 Å². The van der Waals surface area contributed by atoms with E-state index in [1.807, 2.05) is 48.5 Å². The zero-order chi connectivity index (χ0) is 17.1. The predicted molar refractivity (Wildman–Crippen MR) is 96.5 cm³/mol. The Morgan fingerprint density at radius 2 is 1.88 bits per heavy atom. The largest absolute Gasteiger partial charge is 0.370 e. The van der Waals surface area contributed by atoms with Crippen molar-refractivity contribution in [1.29, 1.82) is 0 Å². The Morgan fingerprint density at radius 3 is 2.64 bits per heavy atom. The number of amides is 1. The first kappa shape index (κ1) is 15.8. The molecule has 0 spiro atoms. The number of morpholine rings is 1. The molecule has 1 fully saturated rings. The second-order valence-corrected chi connectivity index (χ2v) is 6.27. The van der Waals surface area contributed by atoms with Gasteiger partial charge in [0, 0.05) is 11.3 Å². The summed E-state index contributed by atoms with van der Waals surface area (Å²) in [6.07, 6.45) is 0. The fourth-order valence-corrected chi connectivity index (χ4v) is 3.07. The van der Waals surface area contributed by atoms with Gasteiger partial charge < -0.3 is 19.9 Å². The number of rotatable bonds is 4. The topological polar surface area (TPSA) is 71.5 Å². The number of H-pyrrole nitrogens is 1. The van der Waals surface area contributed by atoms with Crippen molar-refractivity contribution in [3.8, 4) is 11.4 Å². The van der Waals surface area contributed by atoms with E-state index in [4.69, 9.17) is 4.74 Å². The van der Waals surface area contributed by atoms with Gasteiger partial charge in [-0.25, -0.2) is 4.98 Å². The van der Waals surface area contributed by atoms with Crippen molar-refractivity contribution in [2.24, 2.45) is 0 Å². The lowest BCUT2D eigenvalue weighted by molar-refractivity contribution is -0.899. The number of hydrogen-bond donors (Lipinski definition) is 3. The molecule has 6 nitrogen and oxygen atoms in total. The monoisotopic (exact) mass is 337 g/mol. The molecule has 1 aromatic heterocycles. The highest BCUT2D eigenvalue weighted by atomic mass is 16.5. The van der Waals surface area contributed by atoms with Gasteiger partial charge in [-0.2, -0.15) is 0 Å². The van der Waals surface area contributed by atoms with Crippen LogP contribution < -0.4 is 10.2 Å². The van der Waals surface area contributed by atoms with Gasteiger partial charge in [-0.05, 0) is 36.4 Å². The van der Waals surface area contributed by atoms with Crippen LogP contribution in [0.4, 0.5) is 5.69 Å². The Morgan fingerprint density at radius 1 is 1.12 bits per heavy atom. The second-order valence-electron chi connectivity index (χ2n) is 6.27. The van der Waals surface area contributed by atoms with Crippen LogP contribution in [0, 0.1) is 0 Å². The van der Waals surface area contributed by atoms with Gasteiger partial charge in [0.1, 0.15) is 18.9 Å². The molecule has 25 heavy (non-hydrogen) atoms. The first-order valence-corrected chi connectivity index (χ1v) is 8.54. The molecule has 6 heteroatoms. The number of nitrogens with zero attached hydrogens (tertiary/aromatic N) is 1. The van der Waals surface area contributed by atoms with Crippen molar-refractivity contribution in [1.82, 2.24) is 9.97 Å². The first-order chi connectivity index (χ1) is 12.3. The lowest BCUT2D eigenvalue weighted by atomic mass is 10.2. The number of ether oxygens (including phenoxy) is 1. The molecule has 128 valence electrons. The number of aromatic amines is 1. The van der Waals surface area contributed by atoms with E-state index in [1.165, 1.54) is 4.90 Å². The Bertz CT molecular complexity index is 834. The zero-order valence-electron chi connectivity index (χ0n) is 13.9. The molecular weight excluding hydrogens is 316 g/mol. The summed E-state index contributed by atoms with van der Waals surface area (Å²) < 4.78 is 5.32. The van der Waals surface area contributed by atoms with Crippen molar-refractivity contribution >= 4 is 22.6 Å². The molecule has 1 amide bonds. The van der Waals surface area contributed by atoms with Gasteiger partial charge in [0.25, 0.3) is 5.91 Å². The van der Waals surface area contributed by atoms with Crippen molar-refractivity contribution in [2.45, 2.75) is 0 Å². The molecule has 4 rings (SSSR count). The molecule has 0 saturated carbocycles. The SMILES string of the molecule is O=C(C[NH+]1CCOCC1)Nc1ccc(-c2nc3ccccc3[nH]2)cc1. The van der Waals surface area contributed by atoms with Crippen molar-refractivity contribution in [3.63, 3.8) is 0 Å². The number of fused-ring (bicyclic) bond motifs is 1. The Balaban J connectivity index is 1.41. The highest BCUT2D eigenvalue weighted by Crippen LogP contribution is 2.21. The summed E-state index contributed by atoms with van der Waals surface area (Å²) in [7, 11) is 0. The van der Waals surface area contributed by atoms with E-state index in [0.717, 1.165) is 54.4 Å². The molecule has 1 saturated heterocycles. The molecule has 0 aliphatic carbocycles. The molecule has 0 atom stereocenters. The summed E-state index contributed by atoms with van der Waals surface area (Å²) in [6, 6.07) is 15.7. The number of carbonyl (C=O) groups is 1. The average molecular weight is 337 g/mol. The van der Waals surface area contributed by atoms with Gasteiger partial charge in [0.15, 0.2) is 6.54 Å². The van der Waals surface area contributed by atoms with Crippen LogP contribution in [-0.2, 0) is 9.53 Å². The minimum atomic E-state index is 0.0355. The Hall–Kier alpha value is -2.70. The van der Waals surface area contributed by atoms with Crippen molar-refractivity contribution in [2.75, 3.05) is 38.2 Å². The third-order valence-electron chi connectivity index (χ3n) is 4.44. The van der Waals surface area contributed by atoms with Gasteiger partial charge in [-0.3, -0.25) is 4.79 Å². The van der Waals surface area contributed by atoms with E-state index in [2.05, 4.69) is 15.3 Å². The highest BCUT2D eigenvalue weighted by molar-refractivity contribution is 5.91. The van der Waals surface area contributed by atoms with Gasteiger partial charge in [0.05, 0.1) is 24.2 Å². The van der Waals surface area contributed by atoms with Gasteiger partial charge >= 0.3 is 0 Å². The number of quaternary nitrogens is 1. The van der Waals surface area contributed by atoms with E-state index in [-0.39, 0.29) is 5.91 Å². The van der Waals surface area contributed by atoms with Crippen molar-refractivity contribution in [3.05, 3.63) is 48.5 Å². The summed E-state index contributed by atoms with van der Waals surface area (Å²) >= 11 is 0. The van der Waals surface area contributed by atoms with Crippen LogP contribution in [0.2, 0.25) is 0 Å². The van der Waals surface area contributed by atoms with Crippen molar-refractivity contribution < 1.29 is 14.4 Å². The van der Waals surface area contributed by atoms with E-state index in [0.29, 0.717) is 6.54 Å². The Labute approximate surface area is 145 Å². The number of aromatic nitrogens is 2. The molecular formula is C19H21N4O2+. The zero-order valence-corrected chi connectivity index (χ0v) is 13.9. The number of hydrogen-bond acceptors (Lipinski definition) is 3. The minimum absolute atomic E-state index is 0.0355. The number of imidazole rings is 1. The normalized spacial score (nSPS) is 15.4. The smallest absolute Gasteiger partial charge is 0.279 e. The maximum atomic E-state index is 12.2. The van der Waals surface area contributed by atoms with Crippen LogP contribution in [0.1, 0.15) is 0 Å². The van der Waals surface area contributed by atoms with E-state index >= 15 is 0 Å². The lowest BCUT2D eigenvalue weighted by Gasteiger charge is -2.23. The Kier molecular flexibility index (Phi) is 4.45. The summed E-state index contributed by atoms with van der Waals surface area (Å²) in [6.45, 7) is 3.72. The molecule has 0 unspecified atom stereocenters. The van der Waals surface area contributed by atoms with E-state index < -0.39 is 0 Å². The molecule has 0 radical (unpaired) electrons. The number of benzene rings is 2. The third-order valence-corrected chi connectivity index (χ3v) is 4.44. The van der Waals surface area contributed by atoms with Gasteiger partial charge in [-0.15, -0.1) is 0 Å². The summed E-state index contributed by atoms with van der Waals surface area (Å²) in [4.78, 5) is 21.3. The fourth-order valence-electron chi connectivity index (χ4n) is 3.07. The number of carbonyl (C=O) groups excluding carboxylic acids is 1. The van der Waals surface area contributed by atoms with Crippen LogP contribution in [0.15, 0.2) is 48.5 Å². The lowest BCUT2D eigenvalue weighted by Crippen LogP contribution is -3.15. The van der Waals surface area contributed by atoms with Gasteiger partial charge in [0.2, 0.25) is 0 Å². The summed E-state index contributed by atoms with van der Waals surface area (Å²) in [5, 5.41) is 2.96. The molecule has 0 bridgehead atoms. The molecule has 3 aromatic rings. The fraction of sp³-hybridized carbons (Fsp3) is 0.263. The maximum absolute atomic E-state index is 12.2. The van der Waals surface area contributed by atoms with Crippen LogP contribution in [0.5, 0.6) is 0 Å². The molecule has 1 aliphatic heterocycles. The number of anilines is 1. The number of nitrogens with one attached hydrogen (secondary N) is 3. The molecule has 2 heterocycles. The predicted octanol–water partition coefficient (Wildman–Crippen LogP) is 1.08. The van der Waals surface area contributed by atoms with Crippen LogP contribution in [-0.4, -0.2) is 48.7 Å². The summed E-state index contributed by atoms with van der Waals surface area (Å²) in [5.41, 5.74) is 3.76. The molecule has 2 aromatic carbocycles. The third kappa shape index (κ3) is 3.70. The van der Waals surface area contributed by atoms with Crippen LogP contribution in [0.3, 0.4) is 0 Å². The first-order valence-electron chi connectivity index (χ1n) is 8.54. The molecule has 1 aliphatic rings. The minimum Gasteiger partial charge on any atom is -0.370 e. The molecule has 3 N–H and O–H groups in total. The van der Waals surface area contributed by atoms with E-state index in [1.54, 1.807) is 0 Å². The number of para-hydroxylation sites is 2. The maximum Gasteiger partial charge on any atom is 0.279 e. The van der Waals surface area contributed by atoms with Crippen LogP contribution in [0.25, 0.3) is 22.4 Å². The second kappa shape index (κ2) is 7.04. The highest BCUT2D eigenvalue weighted by Gasteiger charge is 2.17. The summed E-state index contributed by atoms with van der Waals surface area (Å²) in [5.74, 6) is 0.866.